The maximum atomic E-state index is 11.6. The molecule has 80 valence electrons. The highest BCUT2D eigenvalue weighted by Crippen LogP contribution is 2.10. The smallest absolute Gasteiger partial charge is 0.181 e. The minimum atomic E-state index is -0.0499. The summed E-state index contributed by atoms with van der Waals surface area (Å²) in [6, 6.07) is 7.55. The predicted octanol–water partition coefficient (Wildman–Crippen LogP) is 3.12. The second kappa shape index (κ2) is 5.44. The largest absolute Gasteiger partial charge is 0.297 e. The molecule has 0 radical (unpaired) electrons. The van der Waals surface area contributed by atoms with Crippen LogP contribution in [0.3, 0.4) is 0 Å². The van der Waals surface area contributed by atoms with E-state index in [2.05, 4.69) is 0 Å². The molecule has 0 saturated heterocycles. The van der Waals surface area contributed by atoms with Gasteiger partial charge in [0.1, 0.15) is 5.71 Å². The fraction of sp³-hybridized carbons (Fsp3) is 0.385. The zero-order chi connectivity index (χ0) is 11.3. The van der Waals surface area contributed by atoms with Crippen molar-refractivity contribution in [1.29, 1.82) is 5.41 Å². The van der Waals surface area contributed by atoms with Crippen LogP contribution in [0, 0.1) is 12.3 Å². The van der Waals surface area contributed by atoms with E-state index in [9.17, 15) is 4.79 Å². The van der Waals surface area contributed by atoms with Gasteiger partial charge in [0.15, 0.2) is 5.78 Å². The van der Waals surface area contributed by atoms with Gasteiger partial charge in [-0.05, 0) is 18.9 Å². The zero-order valence-electron chi connectivity index (χ0n) is 9.34. The third kappa shape index (κ3) is 3.01. The topological polar surface area (TPSA) is 40.9 Å². The summed E-state index contributed by atoms with van der Waals surface area (Å²) in [6.45, 7) is 3.97. The molecule has 0 aromatic heterocycles. The van der Waals surface area contributed by atoms with Gasteiger partial charge < -0.3 is 0 Å². The molecule has 0 saturated carbocycles. The molecule has 1 N–H and O–H groups in total. The molecule has 1 aromatic rings. The number of carbonyl (C=O) groups is 1. The van der Waals surface area contributed by atoms with Gasteiger partial charge in [-0.3, -0.25) is 10.2 Å². The van der Waals surface area contributed by atoms with Gasteiger partial charge in [-0.1, -0.05) is 37.6 Å². The number of ketones is 1. The van der Waals surface area contributed by atoms with Crippen LogP contribution < -0.4 is 0 Å². The highest BCUT2D eigenvalue weighted by atomic mass is 16.1. The number of unbranched alkanes of at least 4 members (excludes halogenated alkanes) is 1. The summed E-state index contributed by atoms with van der Waals surface area (Å²) in [5.41, 5.74) is 1.91. The van der Waals surface area contributed by atoms with Gasteiger partial charge in [-0.15, -0.1) is 0 Å². The first kappa shape index (κ1) is 11.6. The molecule has 0 fully saturated rings. The van der Waals surface area contributed by atoms with Gasteiger partial charge in [-0.25, -0.2) is 0 Å². The first-order chi connectivity index (χ1) is 7.16. The van der Waals surface area contributed by atoms with Crippen molar-refractivity contribution in [3.63, 3.8) is 0 Å². The second-order valence-corrected chi connectivity index (χ2v) is 3.72. The average Bonchev–Trinajstić information content (AvgIpc) is 2.25. The van der Waals surface area contributed by atoms with E-state index in [1.165, 1.54) is 0 Å². The monoisotopic (exact) mass is 203 g/mol. The lowest BCUT2D eigenvalue weighted by molar-refractivity contribution is -0.113. The van der Waals surface area contributed by atoms with E-state index in [0.29, 0.717) is 6.42 Å². The van der Waals surface area contributed by atoms with Crippen LogP contribution in [0.25, 0.3) is 0 Å². The average molecular weight is 203 g/mol. The molecule has 2 heteroatoms. The Morgan fingerprint density at radius 3 is 2.60 bits per heavy atom. The van der Waals surface area contributed by atoms with Crippen molar-refractivity contribution in [3.8, 4) is 0 Å². The molecule has 15 heavy (non-hydrogen) atoms. The molecule has 0 aliphatic heterocycles. The van der Waals surface area contributed by atoms with Crippen LogP contribution in [0.4, 0.5) is 0 Å². The Kier molecular flexibility index (Phi) is 4.22. The van der Waals surface area contributed by atoms with E-state index >= 15 is 0 Å². The maximum Gasteiger partial charge on any atom is 0.181 e. The van der Waals surface area contributed by atoms with Gasteiger partial charge in [0.05, 0.1) is 0 Å². The van der Waals surface area contributed by atoms with E-state index < -0.39 is 0 Å². The van der Waals surface area contributed by atoms with Crippen molar-refractivity contribution in [3.05, 3.63) is 35.4 Å². The maximum absolute atomic E-state index is 11.6. The number of rotatable bonds is 5. The number of nitrogens with one attached hydrogen (secondary N) is 1. The molecule has 2 nitrogen and oxygen atoms in total. The number of carbonyl (C=O) groups excluding carboxylic acids is 1. The van der Waals surface area contributed by atoms with Crippen LogP contribution >= 0.6 is 0 Å². The van der Waals surface area contributed by atoms with E-state index in [1.54, 1.807) is 0 Å². The Morgan fingerprint density at radius 1 is 1.33 bits per heavy atom. The number of benzene rings is 1. The van der Waals surface area contributed by atoms with Gasteiger partial charge in [0, 0.05) is 12.0 Å². The van der Waals surface area contributed by atoms with Gasteiger partial charge in [-0.2, -0.15) is 0 Å². The Morgan fingerprint density at radius 2 is 2.00 bits per heavy atom. The molecule has 0 spiro atoms. The first-order valence-corrected chi connectivity index (χ1v) is 5.34. The second-order valence-electron chi connectivity index (χ2n) is 3.72. The van der Waals surface area contributed by atoms with Crippen LogP contribution in [0.15, 0.2) is 24.3 Å². The lowest BCUT2D eigenvalue weighted by Crippen LogP contribution is -2.15. The van der Waals surface area contributed by atoms with E-state index in [0.717, 1.165) is 24.0 Å². The SMILES string of the molecule is CCCCC(=O)C(=N)c1ccccc1C. The fourth-order valence-corrected chi connectivity index (χ4v) is 1.47. The van der Waals surface area contributed by atoms with Crippen LogP contribution in [0.2, 0.25) is 0 Å². The van der Waals surface area contributed by atoms with Crippen LogP contribution in [-0.4, -0.2) is 11.5 Å². The molecule has 1 rings (SSSR count). The zero-order valence-corrected chi connectivity index (χ0v) is 9.34. The molecule has 1 aromatic carbocycles. The van der Waals surface area contributed by atoms with Crippen molar-refractivity contribution < 1.29 is 4.79 Å². The Balaban J connectivity index is 2.77. The summed E-state index contributed by atoms with van der Waals surface area (Å²) < 4.78 is 0. The summed E-state index contributed by atoms with van der Waals surface area (Å²) in [6.07, 6.45) is 2.35. The molecule has 0 amide bonds. The predicted molar refractivity (Wildman–Crippen MR) is 62.5 cm³/mol. The molecular weight excluding hydrogens is 186 g/mol. The molecule has 0 heterocycles. The van der Waals surface area contributed by atoms with E-state index in [1.807, 2.05) is 38.1 Å². The number of hydrogen-bond acceptors (Lipinski definition) is 2. The highest BCUT2D eigenvalue weighted by Gasteiger charge is 2.12. The molecule has 0 atom stereocenters. The third-order valence-electron chi connectivity index (χ3n) is 2.45. The quantitative estimate of drug-likeness (QED) is 0.734. The summed E-state index contributed by atoms with van der Waals surface area (Å²) in [5, 5.41) is 7.81. The van der Waals surface area contributed by atoms with Crippen molar-refractivity contribution in [2.24, 2.45) is 0 Å². The van der Waals surface area contributed by atoms with Gasteiger partial charge in [0.25, 0.3) is 0 Å². The normalized spacial score (nSPS) is 10.0. The minimum Gasteiger partial charge on any atom is -0.297 e. The third-order valence-corrected chi connectivity index (χ3v) is 2.45. The van der Waals surface area contributed by atoms with Crippen molar-refractivity contribution >= 4 is 11.5 Å². The molecule has 0 aliphatic carbocycles. The molecule has 0 unspecified atom stereocenters. The molecular formula is C13H17NO. The summed E-state index contributed by atoms with van der Waals surface area (Å²) in [7, 11) is 0. The van der Waals surface area contributed by atoms with Crippen LogP contribution in [-0.2, 0) is 4.79 Å². The van der Waals surface area contributed by atoms with E-state index in [4.69, 9.17) is 5.41 Å². The number of aryl methyl sites for hydroxylation is 1. The van der Waals surface area contributed by atoms with Crippen LogP contribution in [0.1, 0.15) is 37.3 Å². The Bertz CT molecular complexity index is 369. The molecule has 0 bridgehead atoms. The standard InChI is InChI=1S/C13H17NO/c1-3-4-9-12(15)13(14)11-8-6-5-7-10(11)2/h5-8,14H,3-4,9H2,1-2H3. The van der Waals surface area contributed by atoms with E-state index in [-0.39, 0.29) is 11.5 Å². The Hall–Kier alpha value is -1.44. The minimum absolute atomic E-state index is 0.0499. The number of hydrogen-bond donors (Lipinski definition) is 1. The Labute approximate surface area is 90.8 Å². The lowest BCUT2D eigenvalue weighted by atomic mass is 9.99. The summed E-state index contributed by atoms with van der Waals surface area (Å²) in [4.78, 5) is 11.6. The van der Waals surface area contributed by atoms with Crippen molar-refractivity contribution in [1.82, 2.24) is 0 Å². The number of Topliss-reactive ketones (excluding diaryl/α,β-unsaturated/α-hetero) is 1. The van der Waals surface area contributed by atoms with Crippen LogP contribution in [0.5, 0.6) is 0 Å². The summed E-state index contributed by atoms with van der Waals surface area (Å²) in [5.74, 6) is -0.0499. The summed E-state index contributed by atoms with van der Waals surface area (Å²) >= 11 is 0. The molecule has 0 aliphatic rings. The van der Waals surface area contributed by atoms with Gasteiger partial charge in [0.2, 0.25) is 0 Å². The highest BCUT2D eigenvalue weighted by molar-refractivity contribution is 6.45. The van der Waals surface area contributed by atoms with Crippen molar-refractivity contribution in [2.75, 3.05) is 0 Å². The van der Waals surface area contributed by atoms with Gasteiger partial charge >= 0.3 is 0 Å². The van der Waals surface area contributed by atoms with Crippen molar-refractivity contribution in [2.45, 2.75) is 33.1 Å². The lowest BCUT2D eigenvalue weighted by Gasteiger charge is -2.05. The fourth-order valence-electron chi connectivity index (χ4n) is 1.47. The first-order valence-electron chi connectivity index (χ1n) is 5.34.